The van der Waals surface area contributed by atoms with Gasteiger partial charge in [-0.3, -0.25) is 0 Å². The molecule has 0 unspecified atom stereocenters. The molecular weight excluding hydrogens is 300 g/mol. The van der Waals surface area contributed by atoms with E-state index in [1.807, 2.05) is 12.2 Å². The topological polar surface area (TPSA) is 39.4 Å². The molecular formula is C21H30O3. The smallest absolute Gasteiger partial charge is 0.339 e. The summed E-state index contributed by atoms with van der Waals surface area (Å²) < 4.78 is 10.1. The summed E-state index contributed by atoms with van der Waals surface area (Å²) >= 11 is 0. The molecule has 1 aromatic heterocycles. The van der Waals surface area contributed by atoms with Gasteiger partial charge in [0.25, 0.3) is 0 Å². The van der Waals surface area contributed by atoms with Crippen LogP contribution in [0, 0.1) is 0 Å². The van der Waals surface area contributed by atoms with E-state index >= 15 is 0 Å². The summed E-state index contributed by atoms with van der Waals surface area (Å²) in [5.41, 5.74) is -0.399. The molecule has 0 aliphatic heterocycles. The van der Waals surface area contributed by atoms with Crippen LogP contribution in [0.5, 0.6) is 5.75 Å². The number of rotatable bonds is 12. The Hall–Kier alpha value is -2.03. The molecule has 3 nitrogen and oxygen atoms in total. The van der Waals surface area contributed by atoms with Crippen LogP contribution < -0.4 is 10.4 Å². The van der Waals surface area contributed by atoms with Crippen molar-refractivity contribution in [2.75, 3.05) is 7.11 Å². The zero-order chi connectivity index (χ0) is 17.5. The zero-order valence-corrected chi connectivity index (χ0v) is 15.0. The molecule has 0 saturated carbocycles. The summed E-state index contributed by atoms with van der Waals surface area (Å²) in [5.74, 6) is 1.02. The van der Waals surface area contributed by atoms with Gasteiger partial charge >= 0.3 is 5.63 Å². The van der Waals surface area contributed by atoms with Crippen LogP contribution in [0.3, 0.4) is 0 Å². The van der Waals surface area contributed by atoms with Gasteiger partial charge in [-0.2, -0.15) is 0 Å². The summed E-state index contributed by atoms with van der Waals surface area (Å²) in [4.78, 5) is 11.3. The van der Waals surface area contributed by atoms with Gasteiger partial charge in [0.2, 0.25) is 0 Å². The van der Waals surface area contributed by atoms with Gasteiger partial charge in [0, 0.05) is 6.07 Å². The number of allylic oxidation sites excluding steroid dienone is 5. The third-order valence-electron chi connectivity index (χ3n) is 3.73. The number of methoxy groups -OCH3 is 1. The Morgan fingerprint density at radius 3 is 2.29 bits per heavy atom. The molecule has 0 saturated heterocycles. The van der Waals surface area contributed by atoms with Gasteiger partial charge < -0.3 is 9.15 Å². The highest BCUT2D eigenvalue weighted by Gasteiger charge is 1.97. The molecule has 1 aromatic rings. The first-order chi connectivity index (χ1) is 11.8. The second-order valence-electron chi connectivity index (χ2n) is 5.77. The number of hydrogen-bond acceptors (Lipinski definition) is 3. The van der Waals surface area contributed by atoms with Crippen LogP contribution in [0.25, 0.3) is 6.08 Å². The molecule has 24 heavy (non-hydrogen) atoms. The van der Waals surface area contributed by atoms with Crippen molar-refractivity contribution >= 4 is 6.08 Å². The summed E-state index contributed by atoms with van der Waals surface area (Å²) in [7, 11) is 1.53. The molecule has 0 fully saturated rings. The summed E-state index contributed by atoms with van der Waals surface area (Å²) in [6.45, 7) is 2.08. The van der Waals surface area contributed by atoms with E-state index in [1.54, 1.807) is 12.1 Å². The van der Waals surface area contributed by atoms with Gasteiger partial charge in [-0.05, 0) is 38.7 Å². The molecule has 0 aliphatic carbocycles. The molecule has 0 spiro atoms. The van der Waals surface area contributed by atoms with Crippen molar-refractivity contribution < 1.29 is 9.15 Å². The molecule has 0 aliphatic rings. The van der Waals surface area contributed by atoms with Gasteiger partial charge in [0.15, 0.2) is 0 Å². The van der Waals surface area contributed by atoms with Gasteiger partial charge in [-0.1, -0.05) is 56.1 Å². The quantitative estimate of drug-likeness (QED) is 0.271. The summed E-state index contributed by atoms with van der Waals surface area (Å²) in [5, 5.41) is 0. The van der Waals surface area contributed by atoms with E-state index < -0.39 is 5.63 Å². The van der Waals surface area contributed by atoms with Crippen molar-refractivity contribution in [2.24, 2.45) is 0 Å². The Morgan fingerprint density at radius 1 is 0.958 bits per heavy atom. The second-order valence-corrected chi connectivity index (χ2v) is 5.77. The number of hydrogen-bond donors (Lipinski definition) is 0. The van der Waals surface area contributed by atoms with E-state index in [-0.39, 0.29) is 0 Å². The first-order valence-electron chi connectivity index (χ1n) is 8.90. The SMILES string of the molecule is CC=CCCCCCCCCC=CC=Cc1cc(OC)cc(=O)o1. The van der Waals surface area contributed by atoms with Crippen LogP contribution >= 0.6 is 0 Å². The molecule has 3 heteroatoms. The zero-order valence-electron chi connectivity index (χ0n) is 15.0. The fourth-order valence-electron chi connectivity index (χ4n) is 2.40. The minimum absolute atomic E-state index is 0.399. The third kappa shape index (κ3) is 9.88. The minimum Gasteiger partial charge on any atom is -0.496 e. The summed E-state index contributed by atoms with van der Waals surface area (Å²) in [6.07, 6.45) is 22.3. The molecule has 0 atom stereocenters. The van der Waals surface area contributed by atoms with Crippen LogP contribution in [0.4, 0.5) is 0 Å². The van der Waals surface area contributed by atoms with Crippen molar-refractivity contribution in [3.63, 3.8) is 0 Å². The number of ether oxygens (including phenoxy) is 1. The Kier molecular flexibility index (Phi) is 11.2. The lowest BCUT2D eigenvalue weighted by molar-refractivity contribution is 0.400. The van der Waals surface area contributed by atoms with E-state index in [1.165, 1.54) is 58.1 Å². The molecule has 0 N–H and O–H groups in total. The van der Waals surface area contributed by atoms with Crippen LogP contribution in [-0.2, 0) is 0 Å². The van der Waals surface area contributed by atoms with E-state index in [9.17, 15) is 4.79 Å². The predicted octanol–water partition coefficient (Wildman–Crippen LogP) is 5.91. The van der Waals surface area contributed by atoms with Crippen LogP contribution in [0.15, 0.2) is 51.7 Å². The van der Waals surface area contributed by atoms with Crippen molar-refractivity contribution in [1.29, 1.82) is 0 Å². The lowest BCUT2D eigenvalue weighted by atomic mass is 10.1. The normalized spacial score (nSPS) is 11.9. The average Bonchev–Trinajstić information content (AvgIpc) is 2.58. The highest BCUT2D eigenvalue weighted by atomic mass is 16.5. The van der Waals surface area contributed by atoms with Crippen molar-refractivity contribution in [2.45, 2.75) is 58.3 Å². The Labute approximate surface area is 145 Å². The first-order valence-corrected chi connectivity index (χ1v) is 8.90. The molecule has 132 valence electrons. The van der Waals surface area contributed by atoms with Crippen LogP contribution in [-0.4, -0.2) is 7.11 Å². The molecule has 1 heterocycles. The van der Waals surface area contributed by atoms with Gasteiger partial charge in [-0.25, -0.2) is 4.79 Å². The Balaban J connectivity index is 2.11. The lowest BCUT2D eigenvalue weighted by Gasteiger charge is -1.99. The summed E-state index contributed by atoms with van der Waals surface area (Å²) in [6, 6.07) is 3.02. The van der Waals surface area contributed by atoms with Crippen molar-refractivity contribution in [3.8, 4) is 5.75 Å². The first kappa shape index (κ1) is 20.0. The van der Waals surface area contributed by atoms with Crippen molar-refractivity contribution in [3.05, 3.63) is 58.7 Å². The molecule has 0 aromatic carbocycles. The fourth-order valence-corrected chi connectivity index (χ4v) is 2.40. The molecule has 1 rings (SSSR count). The molecule has 0 bridgehead atoms. The molecule has 0 amide bonds. The maximum absolute atomic E-state index is 11.3. The average molecular weight is 330 g/mol. The Bertz CT molecular complexity index is 579. The van der Waals surface area contributed by atoms with Crippen LogP contribution in [0.1, 0.15) is 64.1 Å². The van der Waals surface area contributed by atoms with E-state index in [2.05, 4.69) is 25.2 Å². The molecule has 0 radical (unpaired) electrons. The highest BCUT2D eigenvalue weighted by molar-refractivity contribution is 5.46. The largest absolute Gasteiger partial charge is 0.496 e. The lowest BCUT2D eigenvalue weighted by Crippen LogP contribution is -1.98. The highest BCUT2D eigenvalue weighted by Crippen LogP contribution is 2.11. The fraction of sp³-hybridized carbons (Fsp3) is 0.476. The van der Waals surface area contributed by atoms with Gasteiger partial charge in [0.05, 0.1) is 13.2 Å². The van der Waals surface area contributed by atoms with E-state index in [0.29, 0.717) is 11.5 Å². The maximum atomic E-state index is 11.3. The standard InChI is InChI=1S/C21H30O3/c1-3-4-5-6-7-8-9-10-11-12-13-14-15-16-19-17-20(23-2)18-21(22)24-19/h3-4,13-18H,5-12H2,1-2H3. The van der Waals surface area contributed by atoms with E-state index in [0.717, 1.165) is 6.42 Å². The monoisotopic (exact) mass is 330 g/mol. The Morgan fingerprint density at radius 2 is 1.62 bits per heavy atom. The third-order valence-corrected chi connectivity index (χ3v) is 3.73. The van der Waals surface area contributed by atoms with Crippen molar-refractivity contribution in [1.82, 2.24) is 0 Å². The second kappa shape index (κ2) is 13.4. The number of unbranched alkanes of at least 4 members (excludes halogenated alkanes) is 7. The predicted molar refractivity (Wildman–Crippen MR) is 101 cm³/mol. The van der Waals surface area contributed by atoms with E-state index in [4.69, 9.17) is 9.15 Å². The minimum atomic E-state index is -0.399. The van der Waals surface area contributed by atoms with Gasteiger partial charge in [0.1, 0.15) is 11.5 Å². The maximum Gasteiger partial charge on any atom is 0.339 e. The van der Waals surface area contributed by atoms with Crippen LogP contribution in [0.2, 0.25) is 0 Å². The van der Waals surface area contributed by atoms with Gasteiger partial charge in [-0.15, -0.1) is 0 Å².